The van der Waals surface area contributed by atoms with Crippen LogP contribution in [0.15, 0.2) is 0 Å². The Morgan fingerprint density at radius 2 is 2.00 bits per heavy atom. The Kier molecular flexibility index (Phi) is 5.67. The molecular weight excluding hydrogens is 238 g/mol. The molecule has 2 heterocycles. The van der Waals surface area contributed by atoms with Crippen LogP contribution in [0.4, 0.5) is 0 Å². The highest BCUT2D eigenvalue weighted by atomic mass is 16.5. The van der Waals surface area contributed by atoms with Gasteiger partial charge in [0, 0.05) is 18.6 Å². The average Bonchev–Trinajstić information content (AvgIpc) is 2.67. The molecule has 0 aromatic rings. The zero-order valence-electron chi connectivity index (χ0n) is 13.0. The van der Waals surface area contributed by atoms with Crippen molar-refractivity contribution in [2.75, 3.05) is 19.8 Å². The van der Waals surface area contributed by atoms with Crippen LogP contribution in [-0.4, -0.2) is 38.0 Å². The predicted octanol–water partition coefficient (Wildman–Crippen LogP) is 2.84. The molecule has 6 unspecified atom stereocenters. The Morgan fingerprint density at radius 3 is 2.53 bits per heavy atom. The van der Waals surface area contributed by atoms with Gasteiger partial charge in [0.05, 0.1) is 18.8 Å². The fraction of sp³-hybridized carbons (Fsp3) is 1.00. The number of rotatable bonds is 5. The minimum atomic E-state index is 0.362. The summed E-state index contributed by atoms with van der Waals surface area (Å²) in [6, 6.07) is 0.551. The molecule has 2 fully saturated rings. The Hall–Kier alpha value is -0.120. The molecule has 3 nitrogen and oxygen atoms in total. The fourth-order valence-corrected chi connectivity index (χ4v) is 3.89. The van der Waals surface area contributed by atoms with Crippen molar-refractivity contribution in [2.24, 2.45) is 17.8 Å². The SMILES string of the molecule is CCCNC(C1CCCOC1)C1C(C)OC(C)C1C. The second-order valence-electron chi connectivity index (χ2n) is 6.44. The molecule has 19 heavy (non-hydrogen) atoms. The third kappa shape index (κ3) is 3.50. The summed E-state index contributed by atoms with van der Waals surface area (Å²) in [7, 11) is 0. The van der Waals surface area contributed by atoms with Crippen molar-refractivity contribution in [3.63, 3.8) is 0 Å². The van der Waals surface area contributed by atoms with Gasteiger partial charge in [-0.2, -0.15) is 0 Å². The van der Waals surface area contributed by atoms with E-state index >= 15 is 0 Å². The third-order valence-electron chi connectivity index (χ3n) is 5.07. The van der Waals surface area contributed by atoms with Crippen molar-refractivity contribution in [1.82, 2.24) is 5.32 Å². The molecule has 0 amide bonds. The van der Waals surface area contributed by atoms with Gasteiger partial charge in [-0.05, 0) is 51.5 Å². The topological polar surface area (TPSA) is 30.5 Å². The third-order valence-corrected chi connectivity index (χ3v) is 5.07. The highest BCUT2D eigenvalue weighted by Gasteiger charge is 2.44. The minimum absolute atomic E-state index is 0.362. The first-order chi connectivity index (χ1) is 9.15. The van der Waals surface area contributed by atoms with Crippen LogP contribution in [0.25, 0.3) is 0 Å². The molecule has 0 bridgehead atoms. The molecule has 0 saturated carbocycles. The summed E-state index contributed by atoms with van der Waals surface area (Å²) >= 11 is 0. The molecular formula is C16H31NO2. The van der Waals surface area contributed by atoms with E-state index in [-0.39, 0.29) is 0 Å². The first kappa shape index (κ1) is 15.3. The van der Waals surface area contributed by atoms with Gasteiger partial charge in [-0.15, -0.1) is 0 Å². The normalized spacial score (nSPS) is 41.4. The monoisotopic (exact) mass is 269 g/mol. The van der Waals surface area contributed by atoms with Gasteiger partial charge in [-0.25, -0.2) is 0 Å². The van der Waals surface area contributed by atoms with Gasteiger partial charge in [-0.1, -0.05) is 13.8 Å². The van der Waals surface area contributed by atoms with Crippen molar-refractivity contribution in [3.05, 3.63) is 0 Å². The van der Waals surface area contributed by atoms with Gasteiger partial charge in [0.25, 0.3) is 0 Å². The van der Waals surface area contributed by atoms with E-state index in [1.54, 1.807) is 0 Å². The first-order valence-corrected chi connectivity index (χ1v) is 8.11. The number of nitrogens with one attached hydrogen (secondary N) is 1. The van der Waals surface area contributed by atoms with Gasteiger partial charge in [0.2, 0.25) is 0 Å². The Morgan fingerprint density at radius 1 is 1.21 bits per heavy atom. The number of hydrogen-bond donors (Lipinski definition) is 1. The van der Waals surface area contributed by atoms with E-state index in [0.29, 0.717) is 36.0 Å². The molecule has 0 radical (unpaired) electrons. The molecule has 2 rings (SSSR count). The summed E-state index contributed by atoms with van der Waals surface area (Å²) in [5.74, 6) is 1.91. The Labute approximate surface area is 118 Å². The summed E-state index contributed by atoms with van der Waals surface area (Å²) in [6.45, 7) is 12.0. The van der Waals surface area contributed by atoms with E-state index in [9.17, 15) is 0 Å². The lowest BCUT2D eigenvalue weighted by molar-refractivity contribution is 0.0111. The van der Waals surface area contributed by atoms with Crippen LogP contribution in [0.2, 0.25) is 0 Å². The van der Waals surface area contributed by atoms with Crippen LogP contribution in [0.1, 0.15) is 47.0 Å². The lowest BCUT2D eigenvalue weighted by atomic mass is 9.76. The van der Waals surface area contributed by atoms with Gasteiger partial charge in [0.15, 0.2) is 0 Å². The van der Waals surface area contributed by atoms with Crippen LogP contribution in [0.5, 0.6) is 0 Å². The minimum Gasteiger partial charge on any atom is -0.381 e. The maximum absolute atomic E-state index is 6.06. The zero-order valence-corrected chi connectivity index (χ0v) is 13.0. The maximum atomic E-state index is 6.06. The van der Waals surface area contributed by atoms with Crippen LogP contribution in [-0.2, 0) is 9.47 Å². The molecule has 0 aliphatic carbocycles. The smallest absolute Gasteiger partial charge is 0.0597 e. The molecule has 0 aromatic heterocycles. The highest BCUT2D eigenvalue weighted by Crippen LogP contribution is 2.38. The van der Waals surface area contributed by atoms with E-state index < -0.39 is 0 Å². The summed E-state index contributed by atoms with van der Waals surface area (Å²) < 4.78 is 11.8. The van der Waals surface area contributed by atoms with Crippen LogP contribution in [0.3, 0.4) is 0 Å². The van der Waals surface area contributed by atoms with Gasteiger partial charge in [0.1, 0.15) is 0 Å². The fourth-order valence-electron chi connectivity index (χ4n) is 3.89. The van der Waals surface area contributed by atoms with Crippen molar-refractivity contribution < 1.29 is 9.47 Å². The van der Waals surface area contributed by atoms with E-state index in [4.69, 9.17) is 9.47 Å². The second-order valence-corrected chi connectivity index (χ2v) is 6.44. The Bertz CT molecular complexity index is 265. The second kappa shape index (κ2) is 7.05. The first-order valence-electron chi connectivity index (χ1n) is 8.11. The largest absolute Gasteiger partial charge is 0.381 e. The van der Waals surface area contributed by atoms with Gasteiger partial charge >= 0.3 is 0 Å². The molecule has 6 atom stereocenters. The highest BCUT2D eigenvalue weighted by molar-refractivity contribution is 4.95. The van der Waals surface area contributed by atoms with Gasteiger partial charge in [-0.3, -0.25) is 0 Å². The molecule has 3 heteroatoms. The lowest BCUT2D eigenvalue weighted by Crippen LogP contribution is -2.49. The lowest BCUT2D eigenvalue weighted by Gasteiger charge is -2.37. The maximum Gasteiger partial charge on any atom is 0.0597 e. The van der Waals surface area contributed by atoms with Crippen molar-refractivity contribution in [1.29, 1.82) is 0 Å². The van der Waals surface area contributed by atoms with Crippen molar-refractivity contribution >= 4 is 0 Å². The summed E-state index contributed by atoms with van der Waals surface area (Å²) in [5.41, 5.74) is 0. The van der Waals surface area contributed by atoms with Crippen LogP contribution >= 0.6 is 0 Å². The van der Waals surface area contributed by atoms with Gasteiger partial charge < -0.3 is 14.8 Å². The summed E-state index contributed by atoms with van der Waals surface area (Å²) in [6.07, 6.45) is 4.44. The predicted molar refractivity (Wildman–Crippen MR) is 78.3 cm³/mol. The van der Waals surface area contributed by atoms with E-state index in [0.717, 1.165) is 19.8 Å². The molecule has 0 spiro atoms. The van der Waals surface area contributed by atoms with E-state index in [1.807, 2.05) is 0 Å². The molecule has 112 valence electrons. The molecule has 2 aliphatic heterocycles. The summed E-state index contributed by atoms with van der Waals surface area (Å²) in [5, 5.41) is 3.80. The molecule has 2 saturated heterocycles. The van der Waals surface area contributed by atoms with E-state index in [1.165, 1.54) is 19.3 Å². The summed E-state index contributed by atoms with van der Waals surface area (Å²) in [4.78, 5) is 0. The van der Waals surface area contributed by atoms with Crippen LogP contribution < -0.4 is 5.32 Å². The average molecular weight is 269 g/mol. The molecule has 0 aromatic carbocycles. The zero-order chi connectivity index (χ0) is 13.8. The quantitative estimate of drug-likeness (QED) is 0.832. The van der Waals surface area contributed by atoms with Crippen LogP contribution in [0, 0.1) is 17.8 Å². The number of hydrogen-bond acceptors (Lipinski definition) is 3. The Balaban J connectivity index is 2.07. The van der Waals surface area contributed by atoms with Crippen molar-refractivity contribution in [3.8, 4) is 0 Å². The van der Waals surface area contributed by atoms with Crippen molar-refractivity contribution in [2.45, 2.75) is 65.2 Å². The standard InChI is InChI=1S/C16H31NO2/c1-5-8-17-16(14-7-6-9-18-10-14)15-11(2)12(3)19-13(15)4/h11-17H,5-10H2,1-4H3. The molecule has 2 aliphatic rings. The van der Waals surface area contributed by atoms with E-state index in [2.05, 4.69) is 33.0 Å². The molecule has 1 N–H and O–H groups in total. The number of ether oxygens (including phenoxy) is 2.